The second kappa shape index (κ2) is 6.83. The van der Waals surface area contributed by atoms with Crippen LogP contribution in [0.3, 0.4) is 0 Å². The van der Waals surface area contributed by atoms with Gasteiger partial charge in [0.05, 0.1) is 0 Å². The van der Waals surface area contributed by atoms with Crippen molar-refractivity contribution in [2.75, 3.05) is 6.61 Å². The minimum Gasteiger partial charge on any atom is -0.459 e. The Morgan fingerprint density at radius 3 is 2.14 bits per heavy atom. The zero-order chi connectivity index (χ0) is 16.0. The number of benzene rings is 2. The van der Waals surface area contributed by atoms with E-state index in [4.69, 9.17) is 4.74 Å². The molecule has 2 rings (SSSR count). The molecule has 1 N–H and O–H groups in total. The molecule has 0 aliphatic rings. The van der Waals surface area contributed by atoms with Gasteiger partial charge in [0.15, 0.2) is 5.60 Å². The van der Waals surface area contributed by atoms with E-state index < -0.39 is 24.0 Å². The monoisotopic (exact) mass is 296 g/mol. The molecule has 0 aliphatic carbocycles. The van der Waals surface area contributed by atoms with Crippen LogP contribution in [0.25, 0.3) is 0 Å². The average molecular weight is 296 g/mol. The summed E-state index contributed by atoms with van der Waals surface area (Å²) in [6.45, 7) is 2.82. The molecule has 0 amide bonds. The molecule has 22 heavy (non-hydrogen) atoms. The van der Waals surface area contributed by atoms with Crippen molar-refractivity contribution in [1.29, 1.82) is 0 Å². The van der Waals surface area contributed by atoms with Crippen LogP contribution in [0.5, 0.6) is 0 Å². The third kappa shape index (κ3) is 3.30. The predicted molar refractivity (Wildman–Crippen MR) is 82.3 cm³/mol. The fourth-order valence-corrected chi connectivity index (χ4v) is 2.06. The molecule has 112 valence electrons. The number of ketones is 1. The van der Waals surface area contributed by atoms with Gasteiger partial charge in [0, 0.05) is 11.6 Å². The topological polar surface area (TPSA) is 63.6 Å². The Labute approximate surface area is 128 Å². The number of rotatable bonds is 6. The first-order valence-electron chi connectivity index (χ1n) is 6.75. The summed E-state index contributed by atoms with van der Waals surface area (Å²) in [5.41, 5.74) is -1.24. The van der Waals surface area contributed by atoms with Gasteiger partial charge in [-0.25, -0.2) is 4.79 Å². The van der Waals surface area contributed by atoms with Crippen molar-refractivity contribution in [1.82, 2.24) is 0 Å². The fraction of sp³-hybridized carbons (Fsp3) is 0.111. The quantitative estimate of drug-likeness (QED) is 0.505. The smallest absolute Gasteiger partial charge is 0.330 e. The zero-order valence-electron chi connectivity index (χ0n) is 11.9. The SMILES string of the molecule is C=CC(=O)OCC(O)(C(=O)c1ccccc1)c1ccccc1. The molecule has 4 heteroatoms. The highest BCUT2D eigenvalue weighted by Crippen LogP contribution is 2.26. The van der Waals surface area contributed by atoms with E-state index in [2.05, 4.69) is 6.58 Å². The lowest BCUT2D eigenvalue weighted by atomic mass is 9.86. The molecule has 0 fully saturated rings. The van der Waals surface area contributed by atoms with Crippen molar-refractivity contribution in [3.8, 4) is 0 Å². The van der Waals surface area contributed by atoms with Crippen LogP contribution in [0, 0.1) is 0 Å². The van der Waals surface area contributed by atoms with Gasteiger partial charge in [-0.1, -0.05) is 67.2 Å². The number of aliphatic hydroxyl groups is 1. The third-order valence-electron chi connectivity index (χ3n) is 3.25. The molecule has 0 saturated heterocycles. The summed E-state index contributed by atoms with van der Waals surface area (Å²) in [6, 6.07) is 16.8. The Morgan fingerprint density at radius 2 is 1.59 bits per heavy atom. The highest BCUT2D eigenvalue weighted by Gasteiger charge is 2.39. The molecule has 4 nitrogen and oxygen atoms in total. The van der Waals surface area contributed by atoms with Crippen LogP contribution in [0.2, 0.25) is 0 Å². The molecule has 0 aliphatic heterocycles. The maximum Gasteiger partial charge on any atom is 0.330 e. The summed E-state index contributed by atoms with van der Waals surface area (Å²) in [7, 11) is 0. The molecule has 0 heterocycles. The van der Waals surface area contributed by atoms with Gasteiger partial charge >= 0.3 is 5.97 Å². The number of Topliss-reactive ketones (excluding diaryl/α,β-unsaturated/α-hetero) is 1. The standard InChI is InChI=1S/C18H16O4/c1-2-16(19)22-13-18(21,15-11-7-4-8-12-15)17(20)14-9-5-3-6-10-14/h2-12,21H,1,13H2. The van der Waals surface area contributed by atoms with E-state index >= 15 is 0 Å². The van der Waals surface area contributed by atoms with Crippen molar-refractivity contribution in [2.24, 2.45) is 0 Å². The van der Waals surface area contributed by atoms with Gasteiger partial charge < -0.3 is 9.84 Å². The minimum absolute atomic E-state index is 0.337. The summed E-state index contributed by atoms with van der Waals surface area (Å²) >= 11 is 0. The lowest BCUT2D eigenvalue weighted by Crippen LogP contribution is -2.41. The molecule has 1 atom stereocenters. The largest absolute Gasteiger partial charge is 0.459 e. The molecule has 0 bridgehead atoms. The number of carbonyl (C=O) groups is 2. The van der Waals surface area contributed by atoms with Crippen molar-refractivity contribution in [3.63, 3.8) is 0 Å². The molecule has 0 saturated carbocycles. The molecule has 1 unspecified atom stereocenters. The van der Waals surface area contributed by atoms with E-state index in [1.165, 1.54) is 0 Å². The normalized spacial score (nSPS) is 13.0. The first-order chi connectivity index (χ1) is 10.6. The molecule has 2 aromatic carbocycles. The van der Waals surface area contributed by atoms with Gasteiger partial charge in [0.1, 0.15) is 6.61 Å². The maximum absolute atomic E-state index is 12.7. The van der Waals surface area contributed by atoms with Gasteiger partial charge in [0.25, 0.3) is 0 Å². The highest BCUT2D eigenvalue weighted by molar-refractivity contribution is 6.03. The summed E-state index contributed by atoms with van der Waals surface area (Å²) in [6.07, 6.45) is 0.985. The van der Waals surface area contributed by atoms with Crippen LogP contribution >= 0.6 is 0 Å². The van der Waals surface area contributed by atoms with Crippen molar-refractivity contribution >= 4 is 11.8 Å². The van der Waals surface area contributed by atoms with Crippen LogP contribution in [0.15, 0.2) is 73.3 Å². The number of carbonyl (C=O) groups excluding carboxylic acids is 2. The van der Waals surface area contributed by atoms with Crippen molar-refractivity contribution in [2.45, 2.75) is 5.60 Å². The lowest BCUT2D eigenvalue weighted by molar-refractivity contribution is -0.143. The molecular weight excluding hydrogens is 280 g/mol. The van der Waals surface area contributed by atoms with E-state index in [9.17, 15) is 14.7 Å². The summed E-state index contributed by atoms with van der Waals surface area (Å²) in [5.74, 6) is -1.23. The van der Waals surface area contributed by atoms with E-state index in [1.54, 1.807) is 60.7 Å². The third-order valence-corrected chi connectivity index (χ3v) is 3.25. The number of hydrogen-bond donors (Lipinski definition) is 1. The summed E-state index contributed by atoms with van der Waals surface area (Å²) in [4.78, 5) is 24.0. The second-order valence-electron chi connectivity index (χ2n) is 4.73. The van der Waals surface area contributed by atoms with Crippen LogP contribution in [0.1, 0.15) is 15.9 Å². The Hall–Kier alpha value is -2.72. The Morgan fingerprint density at radius 1 is 1.05 bits per heavy atom. The maximum atomic E-state index is 12.7. The van der Waals surface area contributed by atoms with E-state index in [0.717, 1.165) is 6.08 Å². The number of esters is 1. The van der Waals surface area contributed by atoms with Crippen LogP contribution in [-0.4, -0.2) is 23.5 Å². The molecule has 0 spiro atoms. The minimum atomic E-state index is -1.94. The zero-order valence-corrected chi connectivity index (χ0v) is 11.9. The lowest BCUT2D eigenvalue weighted by Gasteiger charge is -2.26. The first-order valence-corrected chi connectivity index (χ1v) is 6.75. The number of hydrogen-bond acceptors (Lipinski definition) is 4. The summed E-state index contributed by atoms with van der Waals surface area (Å²) < 4.78 is 4.93. The number of ether oxygens (including phenoxy) is 1. The second-order valence-corrected chi connectivity index (χ2v) is 4.73. The average Bonchev–Trinajstić information content (AvgIpc) is 2.60. The first kappa shape index (κ1) is 15.7. The van der Waals surface area contributed by atoms with E-state index in [1.807, 2.05) is 0 Å². The van der Waals surface area contributed by atoms with Crippen LogP contribution < -0.4 is 0 Å². The molecule has 2 aromatic rings. The molecular formula is C18H16O4. The van der Waals surface area contributed by atoms with Crippen molar-refractivity contribution < 1.29 is 19.4 Å². The van der Waals surface area contributed by atoms with Crippen LogP contribution in [-0.2, 0) is 15.1 Å². The predicted octanol–water partition coefficient (Wildman–Crippen LogP) is 2.49. The van der Waals surface area contributed by atoms with Gasteiger partial charge in [-0.05, 0) is 5.56 Å². The van der Waals surface area contributed by atoms with Gasteiger partial charge in [0.2, 0.25) is 5.78 Å². The Kier molecular flexibility index (Phi) is 4.86. The van der Waals surface area contributed by atoms with Gasteiger partial charge in [-0.15, -0.1) is 0 Å². The van der Waals surface area contributed by atoms with E-state index in [-0.39, 0.29) is 0 Å². The highest BCUT2D eigenvalue weighted by atomic mass is 16.5. The molecule has 0 radical (unpaired) electrons. The summed E-state index contributed by atoms with van der Waals surface area (Å²) in [5, 5.41) is 10.9. The Balaban J connectivity index is 2.39. The van der Waals surface area contributed by atoms with Gasteiger partial charge in [-0.3, -0.25) is 4.79 Å². The van der Waals surface area contributed by atoms with E-state index in [0.29, 0.717) is 11.1 Å². The van der Waals surface area contributed by atoms with Crippen LogP contribution in [0.4, 0.5) is 0 Å². The molecule has 0 aromatic heterocycles. The van der Waals surface area contributed by atoms with Crippen molar-refractivity contribution in [3.05, 3.63) is 84.4 Å². The fourth-order valence-electron chi connectivity index (χ4n) is 2.06. The van der Waals surface area contributed by atoms with Gasteiger partial charge in [-0.2, -0.15) is 0 Å². The Bertz CT molecular complexity index is 664.